The van der Waals surface area contributed by atoms with E-state index in [0.29, 0.717) is 17.7 Å². The van der Waals surface area contributed by atoms with Crippen molar-refractivity contribution in [1.82, 2.24) is 5.32 Å². The van der Waals surface area contributed by atoms with Gasteiger partial charge in [-0.25, -0.2) is 4.79 Å². The zero-order chi connectivity index (χ0) is 21.7. The molecule has 0 bridgehead atoms. The van der Waals surface area contributed by atoms with Crippen LogP contribution in [0.15, 0.2) is 53.4 Å². The second kappa shape index (κ2) is 6.09. The maximum absolute atomic E-state index is 13.3. The fourth-order valence-corrected chi connectivity index (χ4v) is 4.00. The molecule has 5 nitrogen and oxygen atoms in total. The van der Waals surface area contributed by atoms with Crippen LogP contribution < -0.4 is 16.0 Å². The molecule has 0 saturated heterocycles. The molecule has 3 N–H and O–H groups in total. The molecule has 29 heavy (non-hydrogen) atoms. The highest BCUT2D eigenvalue weighted by Crippen LogP contribution is 3.02. The van der Waals surface area contributed by atoms with E-state index in [2.05, 4.69) is 5.32 Å². The summed E-state index contributed by atoms with van der Waals surface area (Å²) in [7, 11) is -9.95. The first-order valence-electron chi connectivity index (χ1n) is 8.48. The van der Waals surface area contributed by atoms with Gasteiger partial charge in [-0.15, -0.1) is 0 Å². The van der Waals surface area contributed by atoms with Crippen molar-refractivity contribution < 1.29 is 29.0 Å². The molecule has 0 unspecified atom stereocenters. The Hall–Kier alpha value is -2.82. The monoisotopic (exact) mass is 435 g/mol. The first kappa shape index (κ1) is 20.9. The zero-order valence-corrected chi connectivity index (χ0v) is 15.9. The normalized spacial score (nSPS) is 20.3. The number of anilines is 1. The third-order valence-electron chi connectivity index (χ3n) is 4.71. The number of amides is 3. The highest BCUT2D eigenvalue weighted by molar-refractivity contribution is 8.45. The van der Waals surface area contributed by atoms with Gasteiger partial charge in [0.05, 0.1) is 6.04 Å². The van der Waals surface area contributed by atoms with E-state index in [1.807, 2.05) is 0 Å². The molecule has 11 heteroatoms. The van der Waals surface area contributed by atoms with Gasteiger partial charge in [0.2, 0.25) is 0 Å². The molecule has 1 heterocycles. The maximum Gasteiger partial charge on any atom is 0.312 e. The minimum Gasteiger partial charge on any atom is -0.352 e. The number of hydrogen-bond donors (Lipinski definition) is 2. The summed E-state index contributed by atoms with van der Waals surface area (Å²) in [6.45, 7) is 1.55. The molecule has 3 rings (SSSR count). The molecule has 2 atom stereocenters. The molecule has 158 valence electrons. The van der Waals surface area contributed by atoms with Crippen LogP contribution in [0.3, 0.4) is 0 Å². The average molecular weight is 435 g/mol. The van der Waals surface area contributed by atoms with E-state index in [4.69, 9.17) is 5.73 Å². The number of carbonyl (C=O) groups excluding carboxylic acids is 2. The Bertz CT molecular complexity index is 983. The molecule has 0 radical (unpaired) electrons. The van der Waals surface area contributed by atoms with Crippen LogP contribution in [0.2, 0.25) is 0 Å². The second-order valence-corrected chi connectivity index (χ2v) is 9.23. The lowest BCUT2D eigenvalue weighted by Gasteiger charge is -2.43. The summed E-state index contributed by atoms with van der Waals surface area (Å²) in [6.07, 6.45) is -0.171. The fourth-order valence-electron chi connectivity index (χ4n) is 3.34. The Labute approximate surface area is 163 Å². The van der Waals surface area contributed by atoms with Crippen LogP contribution in [0, 0.1) is 0 Å². The molecule has 0 aliphatic carbocycles. The third-order valence-corrected chi connectivity index (χ3v) is 5.85. The molecule has 0 saturated carbocycles. The largest absolute Gasteiger partial charge is 0.352 e. The first-order chi connectivity index (χ1) is 13.2. The molecule has 0 spiro atoms. The Morgan fingerprint density at radius 1 is 1.14 bits per heavy atom. The van der Waals surface area contributed by atoms with Gasteiger partial charge in [0.1, 0.15) is 10.9 Å². The van der Waals surface area contributed by atoms with Crippen molar-refractivity contribution in [1.29, 1.82) is 0 Å². The first-order valence-corrected chi connectivity index (χ1v) is 10.4. The topological polar surface area (TPSA) is 75.4 Å². The van der Waals surface area contributed by atoms with Crippen LogP contribution in [-0.4, -0.2) is 18.0 Å². The van der Waals surface area contributed by atoms with Crippen LogP contribution in [0.4, 0.5) is 29.9 Å². The Kier molecular flexibility index (Phi) is 4.39. The van der Waals surface area contributed by atoms with E-state index >= 15 is 0 Å². The van der Waals surface area contributed by atoms with E-state index in [1.165, 1.54) is 0 Å². The number of hydrogen-bond acceptors (Lipinski definition) is 2. The molecule has 0 fully saturated rings. The second-order valence-electron chi connectivity index (χ2n) is 6.82. The summed E-state index contributed by atoms with van der Waals surface area (Å²) in [5, 5.41) is 2.25. The van der Waals surface area contributed by atoms with Gasteiger partial charge < -0.3 is 16.0 Å². The summed E-state index contributed by atoms with van der Waals surface area (Å²) in [5.41, 5.74) is 5.59. The minimum absolute atomic E-state index is 0.171. The van der Waals surface area contributed by atoms with Crippen LogP contribution in [-0.2, 0) is 11.2 Å². The number of halogens is 5. The number of primary amides is 1. The minimum atomic E-state index is -9.95. The Morgan fingerprint density at radius 3 is 2.31 bits per heavy atom. The van der Waals surface area contributed by atoms with Gasteiger partial charge in [0.25, 0.3) is 5.91 Å². The molecule has 1 aliphatic heterocycles. The van der Waals surface area contributed by atoms with Gasteiger partial charge in [0, 0.05) is 12.1 Å². The predicted octanol–water partition coefficient (Wildman–Crippen LogP) is 5.03. The smallest absolute Gasteiger partial charge is 0.312 e. The van der Waals surface area contributed by atoms with Gasteiger partial charge in [-0.2, -0.15) is 0 Å². The highest BCUT2D eigenvalue weighted by Gasteiger charge is 2.65. The number of nitrogens with zero attached hydrogens (tertiary/aromatic N) is 1. The zero-order valence-electron chi connectivity index (χ0n) is 15.1. The predicted molar refractivity (Wildman–Crippen MR) is 100 cm³/mol. The Balaban J connectivity index is 2.17. The summed E-state index contributed by atoms with van der Waals surface area (Å²) < 4.78 is 66.7. The quantitative estimate of drug-likeness (QED) is 0.661. The van der Waals surface area contributed by atoms with Gasteiger partial charge in [0.15, 0.2) is 0 Å². The van der Waals surface area contributed by atoms with Gasteiger partial charge >= 0.3 is 16.3 Å². The lowest BCUT2D eigenvalue weighted by atomic mass is 9.94. The van der Waals surface area contributed by atoms with E-state index in [0.717, 1.165) is 11.0 Å². The van der Waals surface area contributed by atoms with Gasteiger partial charge in [-0.3, -0.25) is 4.79 Å². The lowest BCUT2D eigenvalue weighted by Crippen LogP contribution is -2.54. The van der Waals surface area contributed by atoms with Crippen molar-refractivity contribution in [2.75, 3.05) is 4.90 Å². The number of urea groups is 1. The number of fused-ring (bicyclic) bond motifs is 1. The number of nitrogens with two attached hydrogens (primary N) is 1. The third kappa shape index (κ3) is 4.29. The van der Waals surface area contributed by atoms with Crippen molar-refractivity contribution in [3.8, 4) is 0 Å². The Morgan fingerprint density at radius 2 is 1.76 bits per heavy atom. The molecular weight excluding hydrogens is 417 g/mol. The lowest BCUT2D eigenvalue weighted by molar-refractivity contribution is -0.121. The molecule has 2 aromatic carbocycles. The van der Waals surface area contributed by atoms with Crippen LogP contribution in [0.1, 0.15) is 24.1 Å². The van der Waals surface area contributed by atoms with Crippen LogP contribution >= 0.6 is 10.2 Å². The van der Waals surface area contributed by atoms with Crippen molar-refractivity contribution >= 4 is 27.8 Å². The van der Waals surface area contributed by atoms with Crippen LogP contribution in [0.25, 0.3) is 0 Å². The number of nitrogens with one attached hydrogen (secondary N) is 1. The SMILES string of the molecule is C[C@@H](c1ccccc1)N1C(=O)[C@H](NC(N)=O)Cc2ccc(S(F)(F)(F)(F)F)cc21. The summed E-state index contributed by atoms with van der Waals surface area (Å²) in [6, 6.07) is 6.96. The highest BCUT2D eigenvalue weighted by atomic mass is 32.5. The standard InChI is InChI=1S/C18H18F5N3O2S/c1-11(12-5-3-2-4-6-12)26-16-10-14(29(19,20,21,22)23)8-7-13(16)9-15(17(26)27)25-18(24)28/h2-8,10-11,15H,9H2,1H3,(H3,24,25,28)/t11-,15+/m0/s1. The van der Waals surface area contributed by atoms with E-state index in [1.54, 1.807) is 37.3 Å². The molecule has 2 aromatic rings. The van der Waals surface area contributed by atoms with Crippen molar-refractivity contribution in [3.63, 3.8) is 0 Å². The van der Waals surface area contributed by atoms with Crippen molar-refractivity contribution in [2.24, 2.45) is 5.73 Å². The molecule has 1 aliphatic rings. The van der Waals surface area contributed by atoms with E-state index < -0.39 is 39.1 Å². The van der Waals surface area contributed by atoms with E-state index in [9.17, 15) is 29.0 Å². The number of rotatable bonds is 4. The number of carbonyl (C=O) groups is 2. The average Bonchev–Trinajstić information content (AvgIpc) is 2.60. The van der Waals surface area contributed by atoms with Gasteiger partial charge in [-0.1, -0.05) is 55.8 Å². The maximum atomic E-state index is 13.3. The van der Waals surface area contributed by atoms with E-state index in [-0.39, 0.29) is 17.7 Å². The van der Waals surface area contributed by atoms with Gasteiger partial charge in [-0.05, 0) is 30.2 Å². The summed E-state index contributed by atoms with van der Waals surface area (Å²) in [4.78, 5) is 23.1. The fraction of sp³-hybridized carbons (Fsp3) is 0.222. The van der Waals surface area contributed by atoms with Crippen molar-refractivity contribution in [3.05, 3.63) is 59.7 Å². The molecular formula is C18H18F5N3O2S. The number of benzene rings is 2. The molecule has 0 aromatic heterocycles. The summed E-state index contributed by atoms with van der Waals surface area (Å²) >= 11 is 0. The van der Waals surface area contributed by atoms with Crippen molar-refractivity contribution in [2.45, 2.75) is 30.3 Å². The van der Waals surface area contributed by atoms with Crippen LogP contribution in [0.5, 0.6) is 0 Å². The summed E-state index contributed by atoms with van der Waals surface area (Å²) in [5.74, 6) is -0.744. The molecule has 3 amide bonds.